The second-order valence-corrected chi connectivity index (χ2v) is 5.37. The minimum absolute atomic E-state index is 0.260. The maximum atomic E-state index is 5.75. The summed E-state index contributed by atoms with van der Waals surface area (Å²) < 4.78 is 5.16. The van der Waals surface area contributed by atoms with Crippen LogP contribution in [0.5, 0.6) is 0 Å². The van der Waals surface area contributed by atoms with Gasteiger partial charge in [-0.05, 0) is 35.1 Å². The highest BCUT2D eigenvalue weighted by atomic mass is 16.5. The number of hydrogen-bond donors (Lipinski definition) is 2. The molecule has 0 bridgehead atoms. The summed E-state index contributed by atoms with van der Waals surface area (Å²) in [6.45, 7) is 2.99. The van der Waals surface area contributed by atoms with Gasteiger partial charge in [0.2, 0.25) is 0 Å². The maximum Gasteiger partial charge on any atom is 0.0465 e. The Balaban J connectivity index is 2.17. The largest absolute Gasteiger partial charge is 0.385 e. The van der Waals surface area contributed by atoms with Crippen molar-refractivity contribution in [1.82, 2.24) is 5.43 Å². The number of nitrogens with one attached hydrogen (secondary N) is 1. The van der Waals surface area contributed by atoms with Gasteiger partial charge in [0, 0.05) is 19.8 Å². The molecule has 0 radical (unpaired) electrons. The summed E-state index contributed by atoms with van der Waals surface area (Å²) in [5.41, 5.74) is 4.31. The molecule has 0 fully saturated rings. The van der Waals surface area contributed by atoms with Crippen LogP contribution in [0.15, 0.2) is 42.5 Å². The molecule has 2 aromatic rings. The van der Waals surface area contributed by atoms with Crippen LogP contribution < -0.4 is 11.3 Å². The van der Waals surface area contributed by atoms with Gasteiger partial charge in [0.15, 0.2) is 0 Å². The monoisotopic (exact) mass is 272 g/mol. The lowest BCUT2D eigenvalue weighted by atomic mass is 9.91. The van der Waals surface area contributed by atoms with Gasteiger partial charge in [-0.3, -0.25) is 11.3 Å². The van der Waals surface area contributed by atoms with E-state index in [0.29, 0.717) is 5.92 Å². The van der Waals surface area contributed by atoms with Crippen molar-refractivity contribution in [3.8, 4) is 0 Å². The summed E-state index contributed by atoms with van der Waals surface area (Å²) in [5.74, 6) is 6.22. The third-order valence-electron chi connectivity index (χ3n) is 4.00. The smallest absolute Gasteiger partial charge is 0.0465 e. The van der Waals surface area contributed by atoms with Crippen molar-refractivity contribution in [1.29, 1.82) is 0 Å². The topological polar surface area (TPSA) is 47.3 Å². The van der Waals surface area contributed by atoms with Crippen LogP contribution in [0.25, 0.3) is 10.8 Å². The first kappa shape index (κ1) is 15.0. The van der Waals surface area contributed by atoms with E-state index in [1.54, 1.807) is 7.11 Å². The van der Waals surface area contributed by atoms with Crippen molar-refractivity contribution >= 4 is 10.8 Å². The molecule has 0 spiro atoms. The van der Waals surface area contributed by atoms with Crippen LogP contribution in [-0.4, -0.2) is 19.8 Å². The first-order chi connectivity index (χ1) is 9.76. The SMILES string of the molecule is COCCC(C)C(Cc1cccc2ccccc12)NN. The Morgan fingerprint density at radius 2 is 1.90 bits per heavy atom. The highest BCUT2D eigenvalue weighted by Gasteiger charge is 2.17. The molecule has 3 N–H and O–H groups in total. The van der Waals surface area contributed by atoms with Crippen molar-refractivity contribution < 1.29 is 4.74 Å². The molecule has 0 saturated carbocycles. The summed E-state index contributed by atoms with van der Waals surface area (Å²) >= 11 is 0. The van der Waals surface area contributed by atoms with Gasteiger partial charge < -0.3 is 4.74 Å². The average Bonchev–Trinajstić information content (AvgIpc) is 2.50. The number of hydrazine groups is 1. The minimum atomic E-state index is 0.260. The zero-order valence-corrected chi connectivity index (χ0v) is 12.3. The van der Waals surface area contributed by atoms with E-state index in [0.717, 1.165) is 19.4 Å². The van der Waals surface area contributed by atoms with Gasteiger partial charge in [0.25, 0.3) is 0 Å². The standard InChI is InChI=1S/C17H24N2O/c1-13(10-11-20-2)17(19-18)12-15-8-5-7-14-6-3-4-9-16(14)15/h3-9,13,17,19H,10-12,18H2,1-2H3. The highest BCUT2D eigenvalue weighted by Crippen LogP contribution is 2.22. The Bertz CT molecular complexity index is 536. The van der Waals surface area contributed by atoms with Gasteiger partial charge in [-0.1, -0.05) is 49.4 Å². The molecular formula is C17H24N2O. The number of ether oxygens (including phenoxy) is 1. The molecular weight excluding hydrogens is 248 g/mol. The normalized spacial score (nSPS) is 14.3. The predicted molar refractivity (Wildman–Crippen MR) is 84.4 cm³/mol. The molecule has 0 saturated heterocycles. The number of fused-ring (bicyclic) bond motifs is 1. The van der Waals surface area contributed by atoms with Crippen LogP contribution in [0.2, 0.25) is 0 Å². The molecule has 2 atom stereocenters. The van der Waals surface area contributed by atoms with Crippen LogP contribution in [0, 0.1) is 5.92 Å². The first-order valence-corrected chi connectivity index (χ1v) is 7.18. The molecule has 108 valence electrons. The Morgan fingerprint density at radius 3 is 2.65 bits per heavy atom. The fourth-order valence-electron chi connectivity index (χ4n) is 2.64. The van der Waals surface area contributed by atoms with Gasteiger partial charge in [-0.15, -0.1) is 0 Å². The molecule has 0 heterocycles. The molecule has 0 aliphatic heterocycles. The van der Waals surface area contributed by atoms with E-state index in [2.05, 4.69) is 54.8 Å². The Kier molecular flexibility index (Phi) is 5.53. The lowest BCUT2D eigenvalue weighted by Gasteiger charge is -2.23. The molecule has 0 aliphatic carbocycles. The molecule has 0 amide bonds. The van der Waals surface area contributed by atoms with E-state index < -0.39 is 0 Å². The van der Waals surface area contributed by atoms with Crippen LogP contribution >= 0.6 is 0 Å². The fraction of sp³-hybridized carbons (Fsp3) is 0.412. The molecule has 2 aromatic carbocycles. The summed E-state index contributed by atoms with van der Waals surface area (Å²) in [5, 5.41) is 2.60. The van der Waals surface area contributed by atoms with E-state index in [4.69, 9.17) is 10.6 Å². The molecule has 0 aromatic heterocycles. The molecule has 2 rings (SSSR count). The fourth-order valence-corrected chi connectivity index (χ4v) is 2.64. The third-order valence-corrected chi connectivity index (χ3v) is 4.00. The quantitative estimate of drug-likeness (QED) is 0.602. The lowest BCUT2D eigenvalue weighted by Crippen LogP contribution is -2.41. The second kappa shape index (κ2) is 7.39. The van der Waals surface area contributed by atoms with Gasteiger partial charge in [0.1, 0.15) is 0 Å². The van der Waals surface area contributed by atoms with E-state index in [-0.39, 0.29) is 6.04 Å². The molecule has 0 aliphatic rings. The minimum Gasteiger partial charge on any atom is -0.385 e. The van der Waals surface area contributed by atoms with Crippen LogP contribution in [-0.2, 0) is 11.2 Å². The van der Waals surface area contributed by atoms with Gasteiger partial charge in [-0.25, -0.2) is 0 Å². The van der Waals surface area contributed by atoms with Crippen molar-refractivity contribution in [2.24, 2.45) is 11.8 Å². The molecule has 20 heavy (non-hydrogen) atoms. The highest BCUT2D eigenvalue weighted by molar-refractivity contribution is 5.85. The molecule has 2 unspecified atom stereocenters. The van der Waals surface area contributed by atoms with Crippen LogP contribution in [0.3, 0.4) is 0 Å². The van der Waals surface area contributed by atoms with Gasteiger partial charge in [0.05, 0.1) is 0 Å². The molecule has 3 nitrogen and oxygen atoms in total. The van der Waals surface area contributed by atoms with Crippen molar-refractivity contribution in [3.05, 3.63) is 48.0 Å². The van der Waals surface area contributed by atoms with Crippen LogP contribution in [0.1, 0.15) is 18.9 Å². The Hall–Kier alpha value is -1.42. The lowest BCUT2D eigenvalue weighted by molar-refractivity contribution is 0.170. The van der Waals surface area contributed by atoms with E-state index in [1.165, 1.54) is 16.3 Å². The van der Waals surface area contributed by atoms with Crippen molar-refractivity contribution in [2.45, 2.75) is 25.8 Å². The van der Waals surface area contributed by atoms with Gasteiger partial charge in [-0.2, -0.15) is 0 Å². The second-order valence-electron chi connectivity index (χ2n) is 5.37. The zero-order chi connectivity index (χ0) is 14.4. The zero-order valence-electron chi connectivity index (χ0n) is 12.3. The third kappa shape index (κ3) is 3.57. The average molecular weight is 272 g/mol. The van der Waals surface area contributed by atoms with Gasteiger partial charge >= 0.3 is 0 Å². The van der Waals surface area contributed by atoms with E-state index in [9.17, 15) is 0 Å². The van der Waals surface area contributed by atoms with E-state index in [1.807, 2.05) is 0 Å². The van der Waals surface area contributed by atoms with E-state index >= 15 is 0 Å². The summed E-state index contributed by atoms with van der Waals surface area (Å²) in [6, 6.07) is 15.2. The number of rotatable bonds is 7. The first-order valence-electron chi connectivity index (χ1n) is 7.18. The maximum absolute atomic E-state index is 5.75. The Morgan fingerprint density at radius 1 is 1.15 bits per heavy atom. The number of hydrogen-bond acceptors (Lipinski definition) is 3. The summed E-state index contributed by atoms with van der Waals surface area (Å²) in [7, 11) is 1.74. The van der Waals surface area contributed by atoms with Crippen molar-refractivity contribution in [3.63, 3.8) is 0 Å². The predicted octanol–water partition coefficient (Wildman–Crippen LogP) is 2.89. The number of methoxy groups -OCH3 is 1. The molecule has 3 heteroatoms. The Labute approximate surface area is 121 Å². The summed E-state index contributed by atoms with van der Waals surface area (Å²) in [4.78, 5) is 0. The number of benzene rings is 2. The number of nitrogens with two attached hydrogens (primary N) is 1. The van der Waals surface area contributed by atoms with Crippen molar-refractivity contribution in [2.75, 3.05) is 13.7 Å². The van der Waals surface area contributed by atoms with Crippen LogP contribution in [0.4, 0.5) is 0 Å². The summed E-state index contributed by atoms with van der Waals surface area (Å²) in [6.07, 6.45) is 1.94.